The van der Waals surface area contributed by atoms with Gasteiger partial charge in [0, 0.05) is 12.6 Å². The van der Waals surface area contributed by atoms with E-state index in [0.29, 0.717) is 12.3 Å². The molecule has 0 fully saturated rings. The first-order valence-electron chi connectivity index (χ1n) is 3.90. The summed E-state index contributed by atoms with van der Waals surface area (Å²) in [4.78, 5) is 0. The topological polar surface area (TPSA) is 72.3 Å². The van der Waals surface area contributed by atoms with E-state index in [1.165, 1.54) is 0 Å². The first kappa shape index (κ1) is 9.03. The number of aromatic hydroxyl groups is 1. The highest BCUT2D eigenvalue weighted by atomic mass is 16.3. The molecule has 12 heavy (non-hydrogen) atoms. The molecule has 66 valence electrons. The van der Waals surface area contributed by atoms with Crippen LogP contribution in [0.25, 0.3) is 0 Å². The summed E-state index contributed by atoms with van der Waals surface area (Å²) in [5.74, 6) is 0.294. The Morgan fingerprint density at radius 3 is 2.67 bits per heavy atom. The van der Waals surface area contributed by atoms with Crippen LogP contribution < -0.4 is 11.5 Å². The van der Waals surface area contributed by atoms with Crippen LogP contribution in [0.3, 0.4) is 0 Å². The van der Waals surface area contributed by atoms with E-state index in [4.69, 9.17) is 11.5 Å². The molecule has 0 aliphatic carbocycles. The fourth-order valence-corrected chi connectivity index (χ4v) is 1.05. The van der Waals surface area contributed by atoms with E-state index < -0.39 is 0 Å². The number of hydrogen-bond acceptors (Lipinski definition) is 3. The Morgan fingerprint density at radius 2 is 2.17 bits per heavy atom. The van der Waals surface area contributed by atoms with E-state index in [2.05, 4.69) is 0 Å². The summed E-state index contributed by atoms with van der Waals surface area (Å²) in [7, 11) is 0. The van der Waals surface area contributed by atoms with Crippen molar-refractivity contribution in [3.63, 3.8) is 0 Å². The third kappa shape index (κ3) is 1.75. The standard InChI is InChI=1S/C9H14N2O/c1-6-4-7(8(11)5-10)2-3-9(6)12/h2-4,8,12H,5,10-11H2,1H3. The normalized spacial score (nSPS) is 12.9. The molecule has 0 heterocycles. The van der Waals surface area contributed by atoms with Crippen LogP contribution in [0.2, 0.25) is 0 Å². The second kappa shape index (κ2) is 3.56. The molecule has 0 spiro atoms. The van der Waals surface area contributed by atoms with Gasteiger partial charge in [-0.25, -0.2) is 0 Å². The number of rotatable bonds is 2. The quantitative estimate of drug-likeness (QED) is 0.604. The second-order valence-electron chi connectivity index (χ2n) is 2.89. The molecule has 1 aromatic rings. The summed E-state index contributed by atoms with van der Waals surface area (Å²) in [6, 6.07) is 5.15. The van der Waals surface area contributed by atoms with Gasteiger partial charge in [-0.15, -0.1) is 0 Å². The second-order valence-corrected chi connectivity index (χ2v) is 2.89. The van der Waals surface area contributed by atoms with Crippen molar-refractivity contribution in [2.24, 2.45) is 11.5 Å². The monoisotopic (exact) mass is 166 g/mol. The molecular formula is C9H14N2O. The zero-order valence-corrected chi connectivity index (χ0v) is 7.12. The van der Waals surface area contributed by atoms with Crippen LogP contribution >= 0.6 is 0 Å². The Hall–Kier alpha value is -1.06. The fraction of sp³-hybridized carbons (Fsp3) is 0.333. The summed E-state index contributed by atoms with van der Waals surface area (Å²) in [6.45, 7) is 2.26. The summed E-state index contributed by atoms with van der Waals surface area (Å²) in [5, 5.41) is 9.23. The molecule has 1 rings (SSSR count). The Bertz CT molecular complexity index is 273. The van der Waals surface area contributed by atoms with Crippen molar-refractivity contribution in [1.29, 1.82) is 0 Å². The summed E-state index contributed by atoms with van der Waals surface area (Å²) in [6.07, 6.45) is 0. The van der Waals surface area contributed by atoms with Gasteiger partial charge in [0.1, 0.15) is 5.75 Å². The molecule has 0 bridgehead atoms. The molecule has 0 aromatic heterocycles. The van der Waals surface area contributed by atoms with Crippen LogP contribution in [0, 0.1) is 6.92 Å². The van der Waals surface area contributed by atoms with Crippen LogP contribution in [0.1, 0.15) is 17.2 Å². The molecule has 5 N–H and O–H groups in total. The van der Waals surface area contributed by atoms with Gasteiger partial charge in [-0.1, -0.05) is 12.1 Å². The Labute approximate surface area is 72.0 Å². The van der Waals surface area contributed by atoms with Crippen molar-refractivity contribution in [3.05, 3.63) is 29.3 Å². The minimum absolute atomic E-state index is 0.135. The lowest BCUT2D eigenvalue weighted by Gasteiger charge is -2.10. The van der Waals surface area contributed by atoms with Crippen molar-refractivity contribution in [2.45, 2.75) is 13.0 Å². The summed E-state index contributed by atoms with van der Waals surface area (Å²) < 4.78 is 0. The number of hydrogen-bond donors (Lipinski definition) is 3. The molecule has 0 radical (unpaired) electrons. The van der Waals surface area contributed by atoms with Crippen molar-refractivity contribution in [2.75, 3.05) is 6.54 Å². The predicted octanol–water partition coefficient (Wildman–Crippen LogP) is 0.659. The zero-order valence-electron chi connectivity index (χ0n) is 7.12. The third-order valence-electron chi connectivity index (χ3n) is 1.90. The Balaban J connectivity index is 2.96. The van der Waals surface area contributed by atoms with Crippen molar-refractivity contribution in [1.82, 2.24) is 0 Å². The van der Waals surface area contributed by atoms with E-state index in [9.17, 15) is 5.11 Å². The lowest BCUT2D eigenvalue weighted by Crippen LogP contribution is -2.20. The highest BCUT2D eigenvalue weighted by Crippen LogP contribution is 2.19. The van der Waals surface area contributed by atoms with Gasteiger partial charge in [-0.2, -0.15) is 0 Å². The molecule has 1 aromatic carbocycles. The Morgan fingerprint density at radius 1 is 1.50 bits per heavy atom. The maximum Gasteiger partial charge on any atom is 0.118 e. The molecule has 0 aliphatic heterocycles. The van der Waals surface area contributed by atoms with Gasteiger partial charge in [0.25, 0.3) is 0 Å². The molecule has 1 atom stereocenters. The Kier molecular flexibility index (Phi) is 2.68. The van der Waals surface area contributed by atoms with Crippen molar-refractivity contribution < 1.29 is 5.11 Å². The average Bonchev–Trinajstić information content (AvgIpc) is 2.08. The van der Waals surface area contributed by atoms with Crippen LogP contribution in [-0.4, -0.2) is 11.7 Å². The maximum atomic E-state index is 9.23. The summed E-state index contributed by atoms with van der Waals surface area (Å²) in [5.41, 5.74) is 12.9. The van der Waals surface area contributed by atoms with E-state index in [1.807, 2.05) is 13.0 Å². The zero-order chi connectivity index (χ0) is 9.14. The summed E-state index contributed by atoms with van der Waals surface area (Å²) >= 11 is 0. The number of phenolic OH excluding ortho intramolecular Hbond substituents is 1. The fourth-order valence-electron chi connectivity index (χ4n) is 1.05. The molecule has 0 saturated carbocycles. The third-order valence-corrected chi connectivity index (χ3v) is 1.90. The van der Waals surface area contributed by atoms with Crippen molar-refractivity contribution >= 4 is 0 Å². The van der Waals surface area contributed by atoms with E-state index in [0.717, 1.165) is 11.1 Å². The van der Waals surface area contributed by atoms with Gasteiger partial charge < -0.3 is 16.6 Å². The molecule has 3 heteroatoms. The molecule has 3 nitrogen and oxygen atoms in total. The van der Waals surface area contributed by atoms with Gasteiger partial charge in [0.05, 0.1) is 0 Å². The van der Waals surface area contributed by atoms with Crippen LogP contribution in [0.5, 0.6) is 5.75 Å². The highest BCUT2D eigenvalue weighted by molar-refractivity contribution is 5.36. The van der Waals surface area contributed by atoms with Gasteiger partial charge in [0.15, 0.2) is 0 Å². The smallest absolute Gasteiger partial charge is 0.118 e. The number of phenols is 1. The van der Waals surface area contributed by atoms with E-state index in [1.54, 1.807) is 12.1 Å². The molecule has 1 unspecified atom stereocenters. The lowest BCUT2D eigenvalue weighted by molar-refractivity contribution is 0.470. The molecule has 0 aliphatic rings. The van der Waals surface area contributed by atoms with Gasteiger partial charge >= 0.3 is 0 Å². The van der Waals surface area contributed by atoms with Crippen LogP contribution in [0.15, 0.2) is 18.2 Å². The van der Waals surface area contributed by atoms with Gasteiger partial charge in [-0.05, 0) is 24.1 Å². The molecule has 0 saturated heterocycles. The van der Waals surface area contributed by atoms with E-state index in [-0.39, 0.29) is 6.04 Å². The van der Waals surface area contributed by atoms with Gasteiger partial charge in [0.2, 0.25) is 0 Å². The van der Waals surface area contributed by atoms with E-state index >= 15 is 0 Å². The number of nitrogens with two attached hydrogens (primary N) is 2. The molecular weight excluding hydrogens is 152 g/mol. The SMILES string of the molecule is Cc1cc(C(N)CN)ccc1O. The number of benzene rings is 1. The molecule has 0 amide bonds. The highest BCUT2D eigenvalue weighted by Gasteiger charge is 2.04. The van der Waals surface area contributed by atoms with Crippen molar-refractivity contribution in [3.8, 4) is 5.75 Å². The number of aryl methyl sites for hydroxylation is 1. The largest absolute Gasteiger partial charge is 0.508 e. The lowest BCUT2D eigenvalue weighted by atomic mass is 10.0. The first-order valence-corrected chi connectivity index (χ1v) is 3.90. The van der Waals surface area contributed by atoms with Crippen LogP contribution in [-0.2, 0) is 0 Å². The minimum atomic E-state index is -0.135. The first-order chi connectivity index (χ1) is 5.65. The van der Waals surface area contributed by atoms with Crippen LogP contribution in [0.4, 0.5) is 0 Å². The maximum absolute atomic E-state index is 9.23. The average molecular weight is 166 g/mol. The minimum Gasteiger partial charge on any atom is -0.508 e. The van der Waals surface area contributed by atoms with Gasteiger partial charge in [-0.3, -0.25) is 0 Å². The predicted molar refractivity (Wildman–Crippen MR) is 48.8 cm³/mol.